The van der Waals surface area contributed by atoms with E-state index in [2.05, 4.69) is 25.2 Å². The minimum absolute atomic E-state index is 0.00387. The molecule has 0 spiro atoms. The van der Waals surface area contributed by atoms with Gasteiger partial charge in [0.25, 0.3) is 0 Å². The molecular formula is C20H32O4. The molecule has 1 aliphatic heterocycles. The second kappa shape index (κ2) is 13.0. The van der Waals surface area contributed by atoms with Gasteiger partial charge in [0.1, 0.15) is 12.2 Å². The second-order valence-electron chi connectivity index (χ2n) is 6.25. The summed E-state index contributed by atoms with van der Waals surface area (Å²) in [5.74, 6) is -0.735. The Morgan fingerprint density at radius 2 is 1.79 bits per heavy atom. The number of aliphatic carboxylic acids is 1. The van der Waals surface area contributed by atoms with E-state index in [1.807, 2.05) is 18.2 Å². The van der Waals surface area contributed by atoms with Crippen molar-refractivity contribution in [2.24, 2.45) is 0 Å². The summed E-state index contributed by atoms with van der Waals surface area (Å²) < 4.78 is 5.52. The van der Waals surface area contributed by atoms with Gasteiger partial charge in [-0.25, -0.2) is 0 Å². The highest BCUT2D eigenvalue weighted by atomic mass is 16.6. The maximum Gasteiger partial charge on any atom is 0.303 e. The van der Waals surface area contributed by atoms with Gasteiger partial charge in [0.2, 0.25) is 0 Å². The number of rotatable bonds is 14. The van der Waals surface area contributed by atoms with Gasteiger partial charge in [0.15, 0.2) is 0 Å². The molecule has 0 saturated carbocycles. The summed E-state index contributed by atoms with van der Waals surface area (Å²) in [5.41, 5.74) is 0. The van der Waals surface area contributed by atoms with Crippen LogP contribution in [0, 0.1) is 0 Å². The van der Waals surface area contributed by atoms with Gasteiger partial charge in [-0.2, -0.15) is 0 Å². The van der Waals surface area contributed by atoms with E-state index in [1.54, 1.807) is 0 Å². The van der Waals surface area contributed by atoms with Gasteiger partial charge in [0, 0.05) is 6.42 Å². The van der Waals surface area contributed by atoms with E-state index >= 15 is 0 Å². The van der Waals surface area contributed by atoms with Gasteiger partial charge in [-0.15, -0.1) is 0 Å². The fourth-order valence-corrected chi connectivity index (χ4v) is 2.55. The van der Waals surface area contributed by atoms with Crippen LogP contribution in [0.3, 0.4) is 0 Å². The number of aliphatic hydroxyl groups is 1. The van der Waals surface area contributed by atoms with Crippen molar-refractivity contribution in [2.75, 3.05) is 0 Å². The first kappa shape index (κ1) is 20.7. The van der Waals surface area contributed by atoms with Gasteiger partial charge in [-0.05, 0) is 32.1 Å². The van der Waals surface area contributed by atoms with E-state index in [-0.39, 0.29) is 18.6 Å². The molecule has 2 N–H and O–H groups in total. The van der Waals surface area contributed by atoms with E-state index in [4.69, 9.17) is 9.84 Å². The summed E-state index contributed by atoms with van der Waals surface area (Å²) >= 11 is 0. The molecule has 0 aromatic heterocycles. The van der Waals surface area contributed by atoms with Crippen LogP contribution in [0.15, 0.2) is 36.5 Å². The fraction of sp³-hybridized carbons (Fsp3) is 0.650. The fourth-order valence-electron chi connectivity index (χ4n) is 2.55. The third-order valence-corrected chi connectivity index (χ3v) is 4.02. The Morgan fingerprint density at radius 1 is 1.08 bits per heavy atom. The first-order chi connectivity index (χ1) is 11.6. The second-order valence-corrected chi connectivity index (χ2v) is 6.25. The number of hydrogen-bond acceptors (Lipinski definition) is 3. The monoisotopic (exact) mass is 336 g/mol. The van der Waals surface area contributed by atoms with E-state index in [9.17, 15) is 9.90 Å². The van der Waals surface area contributed by atoms with Crippen LogP contribution in [0.25, 0.3) is 0 Å². The summed E-state index contributed by atoms with van der Waals surface area (Å²) in [6.45, 7) is 2.19. The molecule has 24 heavy (non-hydrogen) atoms. The van der Waals surface area contributed by atoms with E-state index in [0.717, 1.165) is 25.7 Å². The summed E-state index contributed by atoms with van der Waals surface area (Å²) in [6.07, 6.45) is 19.9. The molecule has 136 valence electrons. The van der Waals surface area contributed by atoms with E-state index in [0.29, 0.717) is 6.42 Å². The van der Waals surface area contributed by atoms with Crippen molar-refractivity contribution in [3.63, 3.8) is 0 Å². The molecule has 4 nitrogen and oxygen atoms in total. The van der Waals surface area contributed by atoms with Crippen LogP contribution in [0.1, 0.15) is 64.7 Å². The van der Waals surface area contributed by atoms with Crippen molar-refractivity contribution in [3.05, 3.63) is 36.5 Å². The highest BCUT2D eigenvalue weighted by molar-refractivity contribution is 5.66. The number of hydrogen-bond donors (Lipinski definition) is 2. The number of ether oxygens (including phenoxy) is 1. The van der Waals surface area contributed by atoms with Crippen molar-refractivity contribution in [3.8, 4) is 0 Å². The first-order valence-corrected chi connectivity index (χ1v) is 9.17. The molecule has 1 aliphatic rings. The summed E-state index contributed by atoms with van der Waals surface area (Å²) in [5, 5.41) is 18.5. The number of carboxylic acid groups (broad SMARTS) is 1. The van der Waals surface area contributed by atoms with Crippen LogP contribution in [0.4, 0.5) is 0 Å². The maximum atomic E-state index is 10.3. The minimum atomic E-state index is -0.735. The Balaban J connectivity index is 2.00. The van der Waals surface area contributed by atoms with Crippen molar-refractivity contribution >= 4 is 5.97 Å². The zero-order valence-electron chi connectivity index (χ0n) is 14.8. The lowest BCUT2D eigenvalue weighted by Gasteiger charge is -2.00. The van der Waals surface area contributed by atoms with Crippen LogP contribution < -0.4 is 0 Å². The number of carbonyl (C=O) groups is 1. The highest BCUT2D eigenvalue weighted by Gasteiger charge is 2.42. The zero-order chi connectivity index (χ0) is 17.6. The molecule has 1 heterocycles. The van der Waals surface area contributed by atoms with Crippen LogP contribution in [-0.4, -0.2) is 34.5 Å². The van der Waals surface area contributed by atoms with Gasteiger partial charge in [-0.1, -0.05) is 62.6 Å². The molecule has 1 saturated heterocycles. The van der Waals surface area contributed by atoms with Crippen LogP contribution in [-0.2, 0) is 9.53 Å². The third kappa shape index (κ3) is 10.4. The predicted molar refractivity (Wildman–Crippen MR) is 97.0 cm³/mol. The molecule has 1 unspecified atom stereocenters. The molecule has 1 fully saturated rings. The topological polar surface area (TPSA) is 70.1 Å². The molecular weight excluding hydrogens is 304 g/mol. The molecule has 0 aromatic rings. The molecule has 0 aliphatic carbocycles. The Kier molecular flexibility index (Phi) is 11.2. The Labute approximate surface area is 145 Å². The molecule has 3 atom stereocenters. The summed E-state index contributed by atoms with van der Waals surface area (Å²) in [7, 11) is 0. The summed E-state index contributed by atoms with van der Waals surface area (Å²) in [6, 6.07) is 0. The normalized spacial score (nSPS) is 21.9. The number of carboxylic acids is 1. The Hall–Kier alpha value is -1.39. The van der Waals surface area contributed by atoms with Crippen molar-refractivity contribution in [1.29, 1.82) is 0 Å². The lowest BCUT2D eigenvalue weighted by atomic mass is 10.1. The minimum Gasteiger partial charge on any atom is -0.481 e. The number of allylic oxidation sites excluding steroid dienone is 5. The van der Waals surface area contributed by atoms with Crippen LogP contribution >= 0.6 is 0 Å². The maximum absolute atomic E-state index is 10.3. The SMILES string of the molecule is CCCCC[C@@H]1O[C@H]1C(O)/C=C\C/C=C\C/C=C\CCCC(=O)O. The van der Waals surface area contributed by atoms with Crippen molar-refractivity contribution < 1.29 is 19.7 Å². The van der Waals surface area contributed by atoms with E-state index in [1.165, 1.54) is 19.3 Å². The Bertz CT molecular complexity index is 425. The van der Waals surface area contributed by atoms with Crippen LogP contribution in [0.2, 0.25) is 0 Å². The third-order valence-electron chi connectivity index (χ3n) is 4.02. The average Bonchev–Trinajstić information content (AvgIpc) is 3.32. The molecule has 0 aromatic carbocycles. The average molecular weight is 336 g/mol. The quantitative estimate of drug-likeness (QED) is 0.280. The first-order valence-electron chi connectivity index (χ1n) is 9.17. The van der Waals surface area contributed by atoms with Crippen molar-refractivity contribution in [1.82, 2.24) is 0 Å². The van der Waals surface area contributed by atoms with Gasteiger partial charge >= 0.3 is 5.97 Å². The lowest BCUT2D eigenvalue weighted by molar-refractivity contribution is -0.137. The van der Waals surface area contributed by atoms with Gasteiger partial charge in [-0.3, -0.25) is 4.79 Å². The number of epoxide rings is 1. The molecule has 0 bridgehead atoms. The van der Waals surface area contributed by atoms with Gasteiger partial charge in [0.05, 0.1) is 6.10 Å². The van der Waals surface area contributed by atoms with Crippen molar-refractivity contribution in [2.45, 2.75) is 83.0 Å². The van der Waals surface area contributed by atoms with E-state index < -0.39 is 12.1 Å². The Morgan fingerprint density at radius 3 is 2.50 bits per heavy atom. The number of unbranched alkanes of at least 4 members (excludes halogenated alkanes) is 3. The molecule has 0 radical (unpaired) electrons. The van der Waals surface area contributed by atoms with Crippen LogP contribution in [0.5, 0.6) is 0 Å². The zero-order valence-corrected chi connectivity index (χ0v) is 14.8. The number of aliphatic hydroxyl groups excluding tert-OH is 1. The smallest absolute Gasteiger partial charge is 0.303 e. The molecule has 1 rings (SSSR count). The molecule has 0 amide bonds. The molecule has 4 heteroatoms. The largest absolute Gasteiger partial charge is 0.481 e. The lowest BCUT2D eigenvalue weighted by Crippen LogP contribution is -2.13. The standard InChI is InChI=1S/C20H32O4/c1-2-3-11-15-18-20(24-18)17(21)14-12-9-7-5-4-6-8-10-13-16-19(22)23/h5-8,12,14,17-18,20-21H,2-4,9-11,13,15-16H2,1H3,(H,22,23)/b7-5-,8-6-,14-12-/t17?,18-,20-/m0/s1. The van der Waals surface area contributed by atoms with Gasteiger partial charge < -0.3 is 14.9 Å². The highest BCUT2D eigenvalue weighted by Crippen LogP contribution is 2.30. The predicted octanol–water partition coefficient (Wildman–Crippen LogP) is 4.40. The summed E-state index contributed by atoms with van der Waals surface area (Å²) in [4.78, 5) is 10.3.